The van der Waals surface area contributed by atoms with Gasteiger partial charge in [-0.15, -0.1) is 0 Å². The van der Waals surface area contributed by atoms with Gasteiger partial charge in [0.1, 0.15) is 10.4 Å². The Hall–Kier alpha value is -1.40. The second-order valence-electron chi connectivity index (χ2n) is 3.49. The summed E-state index contributed by atoms with van der Waals surface area (Å²) in [6, 6.07) is 8.10. The highest BCUT2D eigenvalue weighted by Gasteiger charge is 2.11. The minimum Gasteiger partial charge on any atom is -0.507 e. The lowest BCUT2D eigenvalue weighted by Gasteiger charge is -2.07. The molecule has 0 unspecified atom stereocenters. The smallest absolute Gasteiger partial charge is 0.259 e. The Kier molecular flexibility index (Phi) is 3.98. The Labute approximate surface area is 120 Å². The highest BCUT2D eigenvalue weighted by molar-refractivity contribution is 9.10. The van der Waals surface area contributed by atoms with Crippen LogP contribution >= 0.6 is 31.9 Å². The summed E-state index contributed by atoms with van der Waals surface area (Å²) in [4.78, 5) is 15.9. The predicted octanol–water partition coefficient (Wildman–Crippen LogP) is 3.56. The maximum Gasteiger partial charge on any atom is 0.259 e. The largest absolute Gasteiger partial charge is 0.507 e. The van der Waals surface area contributed by atoms with Gasteiger partial charge >= 0.3 is 0 Å². The molecular weight excluding hydrogens is 364 g/mol. The van der Waals surface area contributed by atoms with E-state index in [9.17, 15) is 9.90 Å². The summed E-state index contributed by atoms with van der Waals surface area (Å²) in [5, 5.41) is 12.3. The molecule has 6 heteroatoms. The Morgan fingerprint density at radius 3 is 2.67 bits per heavy atom. The number of rotatable bonds is 2. The summed E-state index contributed by atoms with van der Waals surface area (Å²) in [7, 11) is 0. The molecule has 92 valence electrons. The molecule has 1 amide bonds. The lowest BCUT2D eigenvalue weighted by molar-refractivity contribution is 0.102. The zero-order chi connectivity index (χ0) is 13.1. The van der Waals surface area contributed by atoms with Crippen LogP contribution in [0.2, 0.25) is 0 Å². The van der Waals surface area contributed by atoms with E-state index in [2.05, 4.69) is 42.2 Å². The number of hydrogen-bond donors (Lipinski definition) is 2. The van der Waals surface area contributed by atoms with E-state index in [1.165, 1.54) is 12.3 Å². The van der Waals surface area contributed by atoms with Gasteiger partial charge in [0, 0.05) is 4.47 Å². The fraction of sp³-hybridized carbons (Fsp3) is 0. The third-order valence-electron chi connectivity index (χ3n) is 2.19. The van der Waals surface area contributed by atoms with Crippen LogP contribution in [0.15, 0.2) is 45.6 Å². The number of aromatic hydroxyl groups is 1. The Morgan fingerprint density at radius 1 is 1.22 bits per heavy atom. The first-order valence-corrected chi connectivity index (χ1v) is 6.56. The number of hydrogen-bond acceptors (Lipinski definition) is 3. The Balaban J connectivity index is 2.21. The number of halogens is 2. The van der Waals surface area contributed by atoms with Crippen LogP contribution in [0.25, 0.3) is 0 Å². The summed E-state index contributed by atoms with van der Waals surface area (Å²) < 4.78 is 1.41. The molecule has 1 aromatic carbocycles. The third-order valence-corrected chi connectivity index (χ3v) is 3.15. The van der Waals surface area contributed by atoms with Crippen molar-refractivity contribution >= 4 is 43.5 Å². The number of anilines is 1. The maximum atomic E-state index is 11.9. The number of carbonyl (C=O) groups excluding carboxylic acids is 1. The Morgan fingerprint density at radius 2 is 2.00 bits per heavy atom. The molecular formula is C12H8Br2N2O2. The maximum absolute atomic E-state index is 11.9. The molecule has 0 radical (unpaired) electrons. The summed E-state index contributed by atoms with van der Waals surface area (Å²) in [5.41, 5.74) is 0.759. The van der Waals surface area contributed by atoms with Crippen LogP contribution in [-0.2, 0) is 0 Å². The molecule has 0 spiro atoms. The van der Waals surface area contributed by atoms with E-state index < -0.39 is 5.91 Å². The van der Waals surface area contributed by atoms with E-state index >= 15 is 0 Å². The molecule has 1 aromatic heterocycles. The standard InChI is InChI=1S/C12H8Br2N2O2/c13-7-1-3-10(17)9(5-7)12(18)16-8-2-4-11(14)15-6-8/h1-6,17H,(H,16,18). The molecule has 0 atom stereocenters. The fourth-order valence-electron chi connectivity index (χ4n) is 1.34. The lowest BCUT2D eigenvalue weighted by Crippen LogP contribution is -2.12. The monoisotopic (exact) mass is 370 g/mol. The van der Waals surface area contributed by atoms with Crippen LogP contribution in [0.5, 0.6) is 5.75 Å². The number of phenolic OH excluding ortho intramolecular Hbond substituents is 1. The molecule has 18 heavy (non-hydrogen) atoms. The van der Waals surface area contributed by atoms with Crippen molar-refractivity contribution < 1.29 is 9.90 Å². The summed E-state index contributed by atoms with van der Waals surface area (Å²) in [6.45, 7) is 0. The van der Waals surface area contributed by atoms with Gasteiger partial charge in [-0.25, -0.2) is 4.98 Å². The van der Waals surface area contributed by atoms with E-state index in [0.29, 0.717) is 10.3 Å². The number of phenols is 1. The summed E-state index contributed by atoms with van der Waals surface area (Å²) in [6.07, 6.45) is 1.52. The van der Waals surface area contributed by atoms with Crippen LogP contribution in [0.1, 0.15) is 10.4 Å². The molecule has 0 aliphatic carbocycles. The molecule has 2 N–H and O–H groups in total. The minimum absolute atomic E-state index is 0.0687. The van der Waals surface area contributed by atoms with Crippen molar-refractivity contribution in [3.63, 3.8) is 0 Å². The number of aromatic nitrogens is 1. The average molecular weight is 372 g/mol. The van der Waals surface area contributed by atoms with E-state index in [4.69, 9.17) is 0 Å². The summed E-state index contributed by atoms with van der Waals surface area (Å²) >= 11 is 6.46. The molecule has 0 aliphatic rings. The minimum atomic E-state index is -0.391. The van der Waals surface area contributed by atoms with Crippen LogP contribution in [0, 0.1) is 0 Å². The van der Waals surface area contributed by atoms with Crippen LogP contribution in [0.4, 0.5) is 5.69 Å². The second kappa shape index (κ2) is 5.49. The van der Waals surface area contributed by atoms with Gasteiger partial charge in [-0.05, 0) is 46.3 Å². The van der Waals surface area contributed by atoms with Crippen molar-refractivity contribution in [1.29, 1.82) is 0 Å². The van der Waals surface area contributed by atoms with E-state index in [1.807, 2.05) is 0 Å². The van der Waals surface area contributed by atoms with Crippen molar-refractivity contribution in [3.8, 4) is 5.75 Å². The molecule has 4 nitrogen and oxygen atoms in total. The number of amides is 1. The first-order valence-electron chi connectivity index (χ1n) is 4.97. The van der Waals surface area contributed by atoms with Gasteiger partial charge in [-0.3, -0.25) is 4.79 Å². The molecule has 0 saturated carbocycles. The highest BCUT2D eigenvalue weighted by Crippen LogP contribution is 2.23. The first kappa shape index (κ1) is 13.0. The molecule has 0 fully saturated rings. The van der Waals surface area contributed by atoms with E-state index in [0.717, 1.165) is 4.47 Å². The molecule has 0 aliphatic heterocycles. The van der Waals surface area contributed by atoms with Crippen LogP contribution in [0.3, 0.4) is 0 Å². The van der Waals surface area contributed by atoms with Crippen molar-refractivity contribution in [3.05, 3.63) is 51.2 Å². The topological polar surface area (TPSA) is 62.2 Å². The molecule has 1 heterocycles. The van der Waals surface area contributed by atoms with Crippen LogP contribution in [-0.4, -0.2) is 16.0 Å². The normalized spacial score (nSPS) is 10.1. The number of benzene rings is 1. The van der Waals surface area contributed by atoms with Crippen molar-refractivity contribution in [2.24, 2.45) is 0 Å². The zero-order valence-electron chi connectivity index (χ0n) is 9.02. The fourth-order valence-corrected chi connectivity index (χ4v) is 1.93. The zero-order valence-corrected chi connectivity index (χ0v) is 12.2. The van der Waals surface area contributed by atoms with Crippen molar-refractivity contribution in [1.82, 2.24) is 4.98 Å². The van der Waals surface area contributed by atoms with Gasteiger partial charge in [0.2, 0.25) is 0 Å². The van der Waals surface area contributed by atoms with Crippen molar-refractivity contribution in [2.45, 2.75) is 0 Å². The second-order valence-corrected chi connectivity index (χ2v) is 5.21. The van der Waals surface area contributed by atoms with Gasteiger partial charge in [0.05, 0.1) is 17.4 Å². The molecule has 0 saturated heterocycles. The van der Waals surface area contributed by atoms with Gasteiger partial charge in [0.25, 0.3) is 5.91 Å². The molecule has 2 rings (SSSR count). The summed E-state index contributed by atoms with van der Waals surface area (Å²) in [5.74, 6) is -0.460. The van der Waals surface area contributed by atoms with Gasteiger partial charge in [-0.2, -0.15) is 0 Å². The number of nitrogens with one attached hydrogen (secondary N) is 1. The molecule has 0 bridgehead atoms. The van der Waals surface area contributed by atoms with Gasteiger partial charge in [-0.1, -0.05) is 15.9 Å². The van der Waals surface area contributed by atoms with Gasteiger partial charge < -0.3 is 10.4 Å². The third kappa shape index (κ3) is 3.08. The number of pyridine rings is 1. The first-order chi connectivity index (χ1) is 8.56. The SMILES string of the molecule is O=C(Nc1ccc(Br)nc1)c1cc(Br)ccc1O. The molecule has 2 aromatic rings. The number of nitrogens with zero attached hydrogens (tertiary/aromatic N) is 1. The van der Waals surface area contributed by atoms with Gasteiger partial charge in [0.15, 0.2) is 0 Å². The average Bonchev–Trinajstić information content (AvgIpc) is 2.35. The highest BCUT2D eigenvalue weighted by atomic mass is 79.9. The van der Waals surface area contributed by atoms with Crippen LogP contribution < -0.4 is 5.32 Å². The van der Waals surface area contributed by atoms with Crippen molar-refractivity contribution in [2.75, 3.05) is 5.32 Å². The van der Waals surface area contributed by atoms with E-state index in [1.54, 1.807) is 24.3 Å². The Bertz CT molecular complexity index is 585. The predicted molar refractivity (Wildman–Crippen MR) is 75.7 cm³/mol. The lowest BCUT2D eigenvalue weighted by atomic mass is 10.2. The van der Waals surface area contributed by atoms with E-state index in [-0.39, 0.29) is 11.3 Å². The quantitative estimate of drug-likeness (QED) is 0.793. The number of carbonyl (C=O) groups is 1.